The Labute approximate surface area is 113 Å². The number of halogens is 1. The first kappa shape index (κ1) is 15.1. The van der Waals surface area contributed by atoms with Gasteiger partial charge in [-0.15, -0.1) is 0 Å². The summed E-state index contributed by atoms with van der Waals surface area (Å²) in [7, 11) is 1.71. The van der Waals surface area contributed by atoms with Gasteiger partial charge in [-0.25, -0.2) is 8.42 Å². The molecule has 0 fully saturated rings. The molecule has 100 valence electrons. The summed E-state index contributed by atoms with van der Waals surface area (Å²) in [6, 6.07) is 3.29. The van der Waals surface area contributed by atoms with E-state index in [1.807, 2.05) is 13.8 Å². The molecular weight excluding hydrogens is 272 g/mol. The Morgan fingerprint density at radius 3 is 2.50 bits per heavy atom. The molecule has 0 N–H and O–H groups in total. The molecular formula is C13H17ClO3S. The van der Waals surface area contributed by atoms with Crippen LogP contribution in [0.2, 0.25) is 0 Å². The Hall–Kier alpha value is -1.00. The summed E-state index contributed by atoms with van der Waals surface area (Å²) < 4.78 is 28.6. The normalized spacial score (nSPS) is 11.6. The van der Waals surface area contributed by atoms with Crippen LogP contribution in [0, 0.1) is 6.92 Å². The first-order valence-electron chi connectivity index (χ1n) is 5.60. The van der Waals surface area contributed by atoms with Crippen molar-refractivity contribution in [2.24, 2.45) is 0 Å². The molecule has 18 heavy (non-hydrogen) atoms. The monoisotopic (exact) mass is 288 g/mol. The summed E-state index contributed by atoms with van der Waals surface area (Å²) in [5.74, 6) is 0.697. The van der Waals surface area contributed by atoms with Gasteiger partial charge in [-0.2, -0.15) is 0 Å². The van der Waals surface area contributed by atoms with E-state index in [1.165, 1.54) is 0 Å². The van der Waals surface area contributed by atoms with Crippen molar-refractivity contribution in [2.75, 3.05) is 6.61 Å². The van der Waals surface area contributed by atoms with Gasteiger partial charge in [-0.3, -0.25) is 0 Å². The van der Waals surface area contributed by atoms with E-state index in [0.717, 1.165) is 5.56 Å². The second kappa shape index (κ2) is 5.76. The summed E-state index contributed by atoms with van der Waals surface area (Å²) in [5, 5.41) is 0. The molecule has 0 spiro atoms. The zero-order valence-corrected chi connectivity index (χ0v) is 12.3. The van der Waals surface area contributed by atoms with Crippen molar-refractivity contribution in [3.8, 4) is 5.75 Å². The summed E-state index contributed by atoms with van der Waals surface area (Å²) in [5.41, 5.74) is 1.40. The Bertz CT molecular complexity index is 548. The third-order valence-electron chi connectivity index (χ3n) is 2.55. The Balaban J connectivity index is 3.39. The summed E-state index contributed by atoms with van der Waals surface area (Å²) in [4.78, 5) is 0.155. The minimum atomic E-state index is -3.74. The predicted octanol–water partition coefficient (Wildman–Crippen LogP) is 3.61. The summed E-state index contributed by atoms with van der Waals surface area (Å²) >= 11 is 0. The number of hydrogen-bond acceptors (Lipinski definition) is 3. The molecule has 0 saturated carbocycles. The lowest BCUT2D eigenvalue weighted by molar-refractivity contribution is 0.359. The highest BCUT2D eigenvalue weighted by atomic mass is 35.7. The smallest absolute Gasteiger partial charge is 0.261 e. The molecule has 1 aromatic rings. The number of rotatable bonds is 5. The third kappa shape index (κ3) is 3.50. The van der Waals surface area contributed by atoms with Gasteiger partial charge in [0.1, 0.15) is 12.4 Å². The van der Waals surface area contributed by atoms with Gasteiger partial charge in [0.2, 0.25) is 0 Å². The van der Waals surface area contributed by atoms with Gasteiger partial charge in [-0.1, -0.05) is 26.5 Å². The van der Waals surface area contributed by atoms with Crippen LogP contribution < -0.4 is 4.74 Å². The predicted molar refractivity (Wildman–Crippen MR) is 74.0 cm³/mol. The van der Waals surface area contributed by atoms with Gasteiger partial charge in [0, 0.05) is 10.7 Å². The molecule has 0 amide bonds. The Kier molecular flexibility index (Phi) is 4.82. The molecule has 0 atom stereocenters. The van der Waals surface area contributed by atoms with Gasteiger partial charge in [0.25, 0.3) is 9.05 Å². The van der Waals surface area contributed by atoms with Gasteiger partial charge in [0.15, 0.2) is 0 Å². The lowest BCUT2D eigenvalue weighted by Crippen LogP contribution is -2.04. The minimum Gasteiger partial charge on any atom is -0.489 e. The van der Waals surface area contributed by atoms with Gasteiger partial charge >= 0.3 is 0 Å². The molecule has 1 rings (SSSR count). The molecule has 0 bridgehead atoms. The standard InChI is InChI=1S/C13H17ClO3S/c1-5-6-17-12-8-11(9(2)3)13(7-10(12)4)18(14,15)16/h5,7-9H,1,6H2,2-4H3. The van der Waals surface area contributed by atoms with Crippen LogP contribution >= 0.6 is 10.7 Å². The Morgan fingerprint density at radius 1 is 1.44 bits per heavy atom. The van der Waals surface area contributed by atoms with E-state index < -0.39 is 9.05 Å². The minimum absolute atomic E-state index is 0.0419. The van der Waals surface area contributed by atoms with Crippen LogP contribution in [-0.4, -0.2) is 15.0 Å². The van der Waals surface area contributed by atoms with Crippen molar-refractivity contribution >= 4 is 19.7 Å². The molecule has 3 nitrogen and oxygen atoms in total. The van der Waals surface area contributed by atoms with E-state index in [0.29, 0.717) is 17.9 Å². The molecule has 5 heteroatoms. The number of benzene rings is 1. The van der Waals surface area contributed by atoms with E-state index >= 15 is 0 Å². The maximum absolute atomic E-state index is 11.5. The highest BCUT2D eigenvalue weighted by Gasteiger charge is 2.20. The van der Waals surface area contributed by atoms with Crippen molar-refractivity contribution in [1.29, 1.82) is 0 Å². The fraction of sp³-hybridized carbons (Fsp3) is 0.385. The molecule has 0 aromatic heterocycles. The van der Waals surface area contributed by atoms with Crippen LogP contribution in [0.25, 0.3) is 0 Å². The zero-order chi connectivity index (χ0) is 13.9. The van der Waals surface area contributed by atoms with Crippen molar-refractivity contribution in [2.45, 2.75) is 31.6 Å². The largest absolute Gasteiger partial charge is 0.489 e. The third-order valence-corrected chi connectivity index (χ3v) is 3.93. The molecule has 0 aliphatic rings. The lowest BCUT2D eigenvalue weighted by atomic mass is 10.0. The summed E-state index contributed by atoms with van der Waals surface area (Å²) in [6.07, 6.45) is 1.64. The van der Waals surface area contributed by atoms with Crippen molar-refractivity contribution in [3.63, 3.8) is 0 Å². The van der Waals surface area contributed by atoms with E-state index in [9.17, 15) is 8.42 Å². The second-order valence-corrected chi connectivity index (χ2v) is 6.88. The highest BCUT2D eigenvalue weighted by Crippen LogP contribution is 2.32. The molecule has 0 aliphatic carbocycles. The van der Waals surface area contributed by atoms with Crippen molar-refractivity contribution in [3.05, 3.63) is 35.9 Å². The molecule has 0 heterocycles. The average Bonchev–Trinajstić information content (AvgIpc) is 2.25. The molecule has 1 aromatic carbocycles. The fourth-order valence-electron chi connectivity index (χ4n) is 1.64. The zero-order valence-electron chi connectivity index (χ0n) is 10.7. The molecule has 0 aliphatic heterocycles. The van der Waals surface area contributed by atoms with E-state index in [4.69, 9.17) is 15.4 Å². The maximum atomic E-state index is 11.5. The van der Waals surface area contributed by atoms with Crippen LogP contribution in [0.3, 0.4) is 0 Å². The lowest BCUT2D eigenvalue weighted by Gasteiger charge is -2.15. The van der Waals surface area contributed by atoms with Gasteiger partial charge < -0.3 is 4.74 Å². The first-order valence-corrected chi connectivity index (χ1v) is 7.91. The van der Waals surface area contributed by atoms with Crippen LogP contribution in [0.1, 0.15) is 30.9 Å². The first-order chi connectivity index (χ1) is 8.27. The average molecular weight is 289 g/mol. The second-order valence-electron chi connectivity index (χ2n) is 4.35. The summed E-state index contributed by atoms with van der Waals surface area (Å²) in [6.45, 7) is 9.56. The van der Waals surface area contributed by atoms with Crippen molar-refractivity contribution in [1.82, 2.24) is 0 Å². The SMILES string of the molecule is C=CCOc1cc(C(C)C)c(S(=O)(=O)Cl)cc1C. The fourth-order valence-corrected chi connectivity index (χ4v) is 2.94. The number of hydrogen-bond donors (Lipinski definition) is 0. The van der Waals surface area contributed by atoms with Crippen LogP contribution in [-0.2, 0) is 9.05 Å². The van der Waals surface area contributed by atoms with E-state index in [2.05, 4.69) is 6.58 Å². The van der Waals surface area contributed by atoms with Crippen LogP contribution in [0.15, 0.2) is 29.7 Å². The number of aryl methyl sites for hydroxylation is 1. The van der Waals surface area contributed by atoms with E-state index in [-0.39, 0.29) is 10.8 Å². The quantitative estimate of drug-likeness (QED) is 0.614. The maximum Gasteiger partial charge on any atom is 0.261 e. The van der Waals surface area contributed by atoms with Crippen LogP contribution in [0.4, 0.5) is 0 Å². The van der Waals surface area contributed by atoms with Crippen molar-refractivity contribution < 1.29 is 13.2 Å². The van der Waals surface area contributed by atoms with E-state index in [1.54, 1.807) is 25.1 Å². The van der Waals surface area contributed by atoms with Gasteiger partial charge in [-0.05, 0) is 36.1 Å². The molecule has 0 unspecified atom stereocenters. The topological polar surface area (TPSA) is 43.4 Å². The molecule has 0 saturated heterocycles. The Morgan fingerprint density at radius 2 is 2.06 bits per heavy atom. The number of ether oxygens (including phenoxy) is 1. The molecule has 0 radical (unpaired) electrons. The highest BCUT2D eigenvalue weighted by molar-refractivity contribution is 8.13. The van der Waals surface area contributed by atoms with Gasteiger partial charge in [0.05, 0.1) is 4.90 Å². The van der Waals surface area contributed by atoms with Crippen LogP contribution in [0.5, 0.6) is 5.75 Å².